The molecule has 0 aliphatic rings. The molecule has 2 N–H and O–H groups in total. The second-order valence-electron chi connectivity index (χ2n) is 4.39. The van der Waals surface area contributed by atoms with E-state index in [1.165, 1.54) is 0 Å². The monoisotopic (exact) mass is 233 g/mol. The molecule has 2 rings (SSSR count). The van der Waals surface area contributed by atoms with Gasteiger partial charge in [-0.1, -0.05) is 13.8 Å². The van der Waals surface area contributed by atoms with Gasteiger partial charge in [0, 0.05) is 24.1 Å². The minimum atomic E-state index is -0.251. The Labute approximate surface area is 101 Å². The lowest BCUT2D eigenvalue weighted by Gasteiger charge is -2.26. The Kier molecular flexibility index (Phi) is 3.33. The van der Waals surface area contributed by atoms with Crippen LogP contribution in [-0.2, 0) is 0 Å². The van der Waals surface area contributed by atoms with Crippen LogP contribution in [0.2, 0.25) is 0 Å². The summed E-state index contributed by atoms with van der Waals surface area (Å²) in [5.41, 5.74) is 6.80. The first kappa shape index (κ1) is 11.9. The molecule has 92 valence electrons. The van der Waals surface area contributed by atoms with Crippen molar-refractivity contribution in [1.82, 2.24) is 9.38 Å². The Bertz CT molecular complexity index is 488. The number of hydrogen-bond acceptors (Lipinski definition) is 3. The van der Waals surface area contributed by atoms with E-state index in [2.05, 4.69) is 18.8 Å². The number of fused-ring (bicyclic) bond motifs is 1. The third-order valence-electron chi connectivity index (χ3n) is 3.31. The van der Waals surface area contributed by atoms with Crippen molar-refractivity contribution in [2.75, 3.05) is 6.61 Å². The molecule has 0 aromatic carbocycles. The molecule has 0 bridgehead atoms. The maximum atomic E-state index is 6.21. The largest absolute Gasteiger partial charge is 0.488 e. The van der Waals surface area contributed by atoms with Crippen LogP contribution in [0.4, 0.5) is 0 Å². The summed E-state index contributed by atoms with van der Waals surface area (Å²) in [5, 5.41) is 0. The van der Waals surface area contributed by atoms with Gasteiger partial charge in [-0.05, 0) is 25.0 Å². The van der Waals surface area contributed by atoms with Crippen LogP contribution in [0, 0.1) is 0 Å². The predicted molar refractivity (Wildman–Crippen MR) is 68.2 cm³/mol. The summed E-state index contributed by atoms with van der Waals surface area (Å²) in [7, 11) is 0. The number of pyridine rings is 1. The minimum Gasteiger partial charge on any atom is -0.488 e. The van der Waals surface area contributed by atoms with E-state index in [1.807, 2.05) is 28.9 Å². The predicted octanol–water partition coefficient (Wildman–Crippen LogP) is 2.23. The van der Waals surface area contributed by atoms with Crippen LogP contribution in [-0.4, -0.2) is 21.5 Å². The third-order valence-corrected chi connectivity index (χ3v) is 3.31. The highest BCUT2D eigenvalue weighted by atomic mass is 16.5. The number of hydrogen-bond donors (Lipinski definition) is 1. The summed E-state index contributed by atoms with van der Waals surface area (Å²) >= 11 is 0. The van der Waals surface area contributed by atoms with Crippen molar-refractivity contribution in [1.29, 1.82) is 0 Å². The first-order chi connectivity index (χ1) is 8.18. The van der Waals surface area contributed by atoms with Gasteiger partial charge in [-0.2, -0.15) is 0 Å². The van der Waals surface area contributed by atoms with E-state index >= 15 is 0 Å². The van der Waals surface area contributed by atoms with Crippen LogP contribution >= 0.6 is 0 Å². The molecule has 0 spiro atoms. The first-order valence-electron chi connectivity index (χ1n) is 6.02. The SMILES string of the molecule is CCC(N)(CC)COc1cccn2ccnc12. The average molecular weight is 233 g/mol. The lowest BCUT2D eigenvalue weighted by molar-refractivity contribution is 0.208. The highest BCUT2D eigenvalue weighted by Gasteiger charge is 2.21. The fourth-order valence-corrected chi connectivity index (χ4v) is 1.71. The van der Waals surface area contributed by atoms with Gasteiger partial charge in [0.1, 0.15) is 6.61 Å². The molecule has 4 heteroatoms. The van der Waals surface area contributed by atoms with Crippen molar-refractivity contribution in [3.63, 3.8) is 0 Å². The first-order valence-corrected chi connectivity index (χ1v) is 6.02. The van der Waals surface area contributed by atoms with Gasteiger partial charge in [0.15, 0.2) is 11.4 Å². The summed E-state index contributed by atoms with van der Waals surface area (Å²) in [4.78, 5) is 4.27. The number of nitrogens with two attached hydrogens (primary N) is 1. The van der Waals surface area contributed by atoms with E-state index < -0.39 is 0 Å². The van der Waals surface area contributed by atoms with Crippen molar-refractivity contribution in [3.8, 4) is 5.75 Å². The summed E-state index contributed by atoms with van der Waals surface area (Å²) in [6.07, 6.45) is 7.42. The van der Waals surface area contributed by atoms with E-state index in [4.69, 9.17) is 10.5 Å². The standard InChI is InChI=1S/C13H19N3O/c1-3-13(14,4-2)10-17-11-6-5-8-16-9-7-15-12(11)16/h5-9H,3-4,10,14H2,1-2H3. The fourth-order valence-electron chi connectivity index (χ4n) is 1.71. The topological polar surface area (TPSA) is 52.5 Å². The molecule has 0 fully saturated rings. The maximum absolute atomic E-state index is 6.21. The van der Waals surface area contributed by atoms with E-state index in [-0.39, 0.29) is 5.54 Å². The van der Waals surface area contributed by atoms with Gasteiger partial charge in [0.05, 0.1) is 0 Å². The molecule has 0 unspecified atom stereocenters. The van der Waals surface area contributed by atoms with Crippen LogP contribution in [0.5, 0.6) is 5.75 Å². The van der Waals surface area contributed by atoms with Gasteiger partial charge in [0.25, 0.3) is 0 Å². The van der Waals surface area contributed by atoms with Gasteiger partial charge in [-0.15, -0.1) is 0 Å². The molecule has 2 aromatic heterocycles. The van der Waals surface area contributed by atoms with Crippen LogP contribution in [0.1, 0.15) is 26.7 Å². The number of ether oxygens (including phenoxy) is 1. The lowest BCUT2D eigenvalue weighted by atomic mass is 9.96. The molecule has 0 amide bonds. The van der Waals surface area contributed by atoms with Crippen LogP contribution in [0.3, 0.4) is 0 Å². The molecule has 0 aliphatic carbocycles. The molecule has 0 aliphatic heterocycles. The second-order valence-corrected chi connectivity index (χ2v) is 4.39. The summed E-state index contributed by atoms with van der Waals surface area (Å²) in [6.45, 7) is 4.69. The van der Waals surface area contributed by atoms with Crippen molar-refractivity contribution >= 4 is 5.65 Å². The Hall–Kier alpha value is -1.55. The van der Waals surface area contributed by atoms with Gasteiger partial charge in [-0.3, -0.25) is 0 Å². The molecule has 0 saturated heterocycles. The number of imidazole rings is 1. The third kappa shape index (κ3) is 2.42. The quantitative estimate of drug-likeness (QED) is 0.861. The van der Waals surface area contributed by atoms with Crippen molar-refractivity contribution in [2.45, 2.75) is 32.2 Å². The molecule has 0 atom stereocenters. The van der Waals surface area contributed by atoms with E-state index in [0.29, 0.717) is 6.61 Å². The van der Waals surface area contributed by atoms with Gasteiger partial charge in [-0.25, -0.2) is 4.98 Å². The van der Waals surface area contributed by atoms with Gasteiger partial charge >= 0.3 is 0 Å². The highest BCUT2D eigenvalue weighted by molar-refractivity contribution is 5.53. The number of rotatable bonds is 5. The van der Waals surface area contributed by atoms with Gasteiger partial charge in [0.2, 0.25) is 0 Å². The smallest absolute Gasteiger partial charge is 0.179 e. The zero-order valence-electron chi connectivity index (χ0n) is 10.4. The molecule has 17 heavy (non-hydrogen) atoms. The van der Waals surface area contributed by atoms with Gasteiger partial charge < -0.3 is 14.9 Å². The van der Waals surface area contributed by atoms with E-state index in [9.17, 15) is 0 Å². The normalized spacial score (nSPS) is 11.9. The Morgan fingerprint density at radius 3 is 2.82 bits per heavy atom. The van der Waals surface area contributed by atoms with Crippen molar-refractivity contribution in [2.24, 2.45) is 5.73 Å². The average Bonchev–Trinajstić information content (AvgIpc) is 2.84. The summed E-state index contributed by atoms with van der Waals surface area (Å²) < 4.78 is 7.75. The van der Waals surface area contributed by atoms with Crippen molar-refractivity contribution in [3.05, 3.63) is 30.7 Å². The van der Waals surface area contributed by atoms with E-state index in [1.54, 1.807) is 6.20 Å². The molecule has 4 nitrogen and oxygen atoms in total. The Balaban J connectivity index is 2.16. The summed E-state index contributed by atoms with van der Waals surface area (Å²) in [6, 6.07) is 3.87. The molecule has 0 saturated carbocycles. The fraction of sp³-hybridized carbons (Fsp3) is 0.462. The molecule has 2 aromatic rings. The van der Waals surface area contributed by atoms with Crippen LogP contribution < -0.4 is 10.5 Å². The molecular formula is C13H19N3O. The number of nitrogens with zero attached hydrogens (tertiary/aromatic N) is 2. The maximum Gasteiger partial charge on any atom is 0.179 e. The number of aromatic nitrogens is 2. The summed E-state index contributed by atoms with van der Waals surface area (Å²) in [5.74, 6) is 0.786. The minimum absolute atomic E-state index is 0.251. The lowest BCUT2D eigenvalue weighted by Crippen LogP contribution is -2.44. The van der Waals surface area contributed by atoms with E-state index in [0.717, 1.165) is 24.2 Å². The second kappa shape index (κ2) is 4.75. The van der Waals surface area contributed by atoms with Crippen LogP contribution in [0.25, 0.3) is 5.65 Å². The van der Waals surface area contributed by atoms with Crippen LogP contribution in [0.15, 0.2) is 30.7 Å². The Morgan fingerprint density at radius 1 is 1.35 bits per heavy atom. The molecule has 2 heterocycles. The highest BCUT2D eigenvalue weighted by Crippen LogP contribution is 2.20. The molecular weight excluding hydrogens is 214 g/mol. The Morgan fingerprint density at radius 2 is 2.12 bits per heavy atom. The molecule has 0 radical (unpaired) electrons. The zero-order valence-corrected chi connectivity index (χ0v) is 10.4. The zero-order chi connectivity index (χ0) is 12.3. The van der Waals surface area contributed by atoms with Crippen molar-refractivity contribution < 1.29 is 4.74 Å².